The third-order valence-electron chi connectivity index (χ3n) is 2.88. The van der Waals surface area contributed by atoms with Gasteiger partial charge < -0.3 is 5.32 Å². The molecule has 1 rings (SSSR count). The number of rotatable bonds is 6. The fraction of sp³-hybridized carbons (Fsp3) is 0.462. The highest BCUT2D eigenvalue weighted by Gasteiger charge is 2.24. The summed E-state index contributed by atoms with van der Waals surface area (Å²) in [6, 6.07) is 2.12. The van der Waals surface area contributed by atoms with Gasteiger partial charge >= 0.3 is 0 Å². The van der Waals surface area contributed by atoms with Crippen LogP contribution in [0.25, 0.3) is 0 Å². The number of amides is 1. The second-order valence-electron chi connectivity index (χ2n) is 4.72. The molecule has 8 heteroatoms. The first-order valence-corrected chi connectivity index (χ1v) is 9.51. The Morgan fingerprint density at radius 2 is 2.10 bits per heavy atom. The van der Waals surface area contributed by atoms with Gasteiger partial charge in [-0.3, -0.25) is 4.79 Å². The summed E-state index contributed by atoms with van der Waals surface area (Å²) in [5.41, 5.74) is -0.355. The molecule has 1 amide bonds. The topological polar surface area (TPSA) is 63.2 Å². The molecule has 1 atom stereocenters. The molecule has 0 fully saturated rings. The second kappa shape index (κ2) is 7.56. The van der Waals surface area contributed by atoms with Crippen LogP contribution >= 0.6 is 26.6 Å². The SMILES string of the molecule is CCCCC(C)NC(=O)c1cc(Br)cc(S(=O)(=O)Cl)c1F. The smallest absolute Gasteiger partial charge is 0.264 e. The van der Waals surface area contributed by atoms with Crippen LogP contribution in [0.5, 0.6) is 0 Å². The van der Waals surface area contributed by atoms with Crippen LogP contribution in [0.15, 0.2) is 21.5 Å². The molecule has 1 aromatic carbocycles. The van der Waals surface area contributed by atoms with Crippen LogP contribution < -0.4 is 5.32 Å². The number of halogens is 3. The Balaban J connectivity index is 3.08. The molecular weight excluding hydrogens is 385 g/mol. The van der Waals surface area contributed by atoms with E-state index in [9.17, 15) is 17.6 Å². The van der Waals surface area contributed by atoms with Crippen molar-refractivity contribution >= 4 is 41.6 Å². The summed E-state index contributed by atoms with van der Waals surface area (Å²) >= 11 is 3.05. The lowest BCUT2D eigenvalue weighted by Gasteiger charge is -2.14. The Morgan fingerprint density at radius 3 is 2.62 bits per heavy atom. The molecular formula is C13H16BrClFNO3S. The molecule has 0 saturated heterocycles. The number of carbonyl (C=O) groups excluding carboxylic acids is 1. The van der Waals surface area contributed by atoms with Gasteiger partial charge in [0.1, 0.15) is 4.90 Å². The highest BCUT2D eigenvalue weighted by atomic mass is 79.9. The van der Waals surface area contributed by atoms with E-state index in [4.69, 9.17) is 10.7 Å². The standard InChI is InChI=1S/C13H16BrClFNO3S/c1-3-4-5-8(2)17-13(18)10-6-9(14)7-11(12(10)16)21(15,19)20/h6-8H,3-5H2,1-2H3,(H,17,18). The van der Waals surface area contributed by atoms with Crippen LogP contribution in [0.2, 0.25) is 0 Å². The Kier molecular flexibility index (Phi) is 6.62. The number of hydrogen-bond donors (Lipinski definition) is 1. The zero-order valence-electron chi connectivity index (χ0n) is 11.6. The average molecular weight is 401 g/mol. The van der Waals surface area contributed by atoms with Crippen molar-refractivity contribution in [3.63, 3.8) is 0 Å². The molecule has 0 bridgehead atoms. The molecule has 0 aromatic heterocycles. The van der Waals surface area contributed by atoms with E-state index in [0.29, 0.717) is 0 Å². The largest absolute Gasteiger partial charge is 0.349 e. The van der Waals surface area contributed by atoms with Crippen molar-refractivity contribution in [3.05, 3.63) is 28.0 Å². The van der Waals surface area contributed by atoms with E-state index < -0.39 is 25.7 Å². The maximum absolute atomic E-state index is 14.2. The Morgan fingerprint density at radius 1 is 1.48 bits per heavy atom. The first-order chi connectivity index (χ1) is 9.66. The lowest BCUT2D eigenvalue weighted by molar-refractivity contribution is 0.0933. The minimum atomic E-state index is -4.27. The molecule has 0 aliphatic heterocycles. The van der Waals surface area contributed by atoms with Gasteiger partial charge in [0.15, 0.2) is 5.82 Å². The zero-order chi connectivity index (χ0) is 16.2. The minimum absolute atomic E-state index is 0.133. The van der Waals surface area contributed by atoms with Gasteiger partial charge in [-0.15, -0.1) is 0 Å². The van der Waals surface area contributed by atoms with Crippen LogP contribution in [0.1, 0.15) is 43.5 Å². The van der Waals surface area contributed by atoms with Crippen LogP contribution in [-0.4, -0.2) is 20.4 Å². The molecule has 1 N–H and O–H groups in total. The fourth-order valence-corrected chi connectivity index (χ4v) is 3.33. The zero-order valence-corrected chi connectivity index (χ0v) is 14.8. The van der Waals surface area contributed by atoms with E-state index in [1.165, 1.54) is 6.07 Å². The molecule has 4 nitrogen and oxygen atoms in total. The summed E-state index contributed by atoms with van der Waals surface area (Å²) in [7, 11) is 0.899. The molecule has 0 aliphatic rings. The van der Waals surface area contributed by atoms with E-state index in [-0.39, 0.29) is 16.1 Å². The Hall–Kier alpha value is -0.660. The summed E-state index contributed by atoms with van der Waals surface area (Å²) in [4.78, 5) is 11.3. The van der Waals surface area contributed by atoms with E-state index in [1.54, 1.807) is 0 Å². The predicted molar refractivity (Wildman–Crippen MR) is 83.6 cm³/mol. The third kappa shape index (κ3) is 5.23. The predicted octanol–water partition coefficient (Wildman–Crippen LogP) is 3.82. The summed E-state index contributed by atoms with van der Waals surface area (Å²) in [6.07, 6.45) is 2.68. The van der Waals surface area contributed by atoms with Gasteiger partial charge in [0, 0.05) is 21.2 Å². The van der Waals surface area contributed by atoms with Crippen LogP contribution in [0.3, 0.4) is 0 Å². The van der Waals surface area contributed by atoms with Crippen molar-refractivity contribution in [1.29, 1.82) is 0 Å². The summed E-state index contributed by atoms with van der Waals surface area (Å²) in [5.74, 6) is -1.81. The fourth-order valence-electron chi connectivity index (χ4n) is 1.79. The molecule has 0 saturated carbocycles. The summed E-state index contributed by atoms with van der Waals surface area (Å²) in [6.45, 7) is 3.84. The van der Waals surface area contributed by atoms with Gasteiger partial charge in [-0.1, -0.05) is 35.7 Å². The van der Waals surface area contributed by atoms with Gasteiger partial charge in [0.25, 0.3) is 15.0 Å². The highest BCUT2D eigenvalue weighted by Crippen LogP contribution is 2.26. The number of benzene rings is 1. The normalized spacial score (nSPS) is 13.0. The number of nitrogens with one attached hydrogen (secondary N) is 1. The first-order valence-electron chi connectivity index (χ1n) is 6.41. The van der Waals surface area contributed by atoms with Gasteiger partial charge in [0.05, 0.1) is 5.56 Å². The van der Waals surface area contributed by atoms with Crippen molar-refractivity contribution in [2.75, 3.05) is 0 Å². The van der Waals surface area contributed by atoms with E-state index >= 15 is 0 Å². The van der Waals surface area contributed by atoms with Crippen molar-refractivity contribution < 1.29 is 17.6 Å². The molecule has 0 heterocycles. The Labute approximate surface area is 136 Å². The molecule has 1 aromatic rings. The number of unbranched alkanes of at least 4 members (excludes halogenated alkanes) is 1. The molecule has 118 valence electrons. The second-order valence-corrected chi connectivity index (χ2v) is 8.17. The van der Waals surface area contributed by atoms with Gasteiger partial charge in [-0.05, 0) is 25.5 Å². The minimum Gasteiger partial charge on any atom is -0.349 e. The molecule has 0 aliphatic carbocycles. The van der Waals surface area contributed by atoms with E-state index in [0.717, 1.165) is 25.3 Å². The van der Waals surface area contributed by atoms with Crippen molar-refractivity contribution in [2.45, 2.75) is 44.0 Å². The van der Waals surface area contributed by atoms with E-state index in [2.05, 4.69) is 21.2 Å². The first kappa shape index (κ1) is 18.4. The van der Waals surface area contributed by atoms with Crippen LogP contribution in [-0.2, 0) is 9.05 Å². The summed E-state index contributed by atoms with van der Waals surface area (Å²) in [5, 5.41) is 2.64. The van der Waals surface area contributed by atoms with Crippen molar-refractivity contribution in [2.24, 2.45) is 0 Å². The quantitative estimate of drug-likeness (QED) is 0.738. The van der Waals surface area contributed by atoms with Crippen molar-refractivity contribution in [3.8, 4) is 0 Å². The maximum atomic E-state index is 14.2. The monoisotopic (exact) mass is 399 g/mol. The highest BCUT2D eigenvalue weighted by molar-refractivity contribution is 9.10. The van der Waals surface area contributed by atoms with Gasteiger partial charge in [-0.25, -0.2) is 12.8 Å². The molecule has 0 radical (unpaired) electrons. The Bertz CT molecular complexity index is 637. The van der Waals surface area contributed by atoms with Gasteiger partial charge in [0.2, 0.25) is 0 Å². The number of carbonyl (C=O) groups is 1. The lowest BCUT2D eigenvalue weighted by Crippen LogP contribution is -2.33. The van der Waals surface area contributed by atoms with Crippen LogP contribution in [0, 0.1) is 5.82 Å². The third-order valence-corrected chi connectivity index (χ3v) is 4.66. The molecule has 0 spiro atoms. The maximum Gasteiger partial charge on any atom is 0.264 e. The summed E-state index contributed by atoms with van der Waals surface area (Å²) < 4.78 is 37.0. The lowest BCUT2D eigenvalue weighted by atomic mass is 10.1. The van der Waals surface area contributed by atoms with Gasteiger partial charge in [-0.2, -0.15) is 0 Å². The average Bonchev–Trinajstić information content (AvgIpc) is 2.37. The molecule has 1 unspecified atom stereocenters. The van der Waals surface area contributed by atoms with Crippen LogP contribution in [0.4, 0.5) is 4.39 Å². The molecule has 21 heavy (non-hydrogen) atoms. The number of hydrogen-bond acceptors (Lipinski definition) is 3. The van der Waals surface area contributed by atoms with E-state index in [1.807, 2.05) is 13.8 Å². The van der Waals surface area contributed by atoms with Crippen molar-refractivity contribution in [1.82, 2.24) is 5.32 Å².